The lowest BCUT2D eigenvalue weighted by atomic mass is 9.67. The third kappa shape index (κ3) is 5.68. The summed E-state index contributed by atoms with van der Waals surface area (Å²) in [6, 6.07) is 0. The van der Waals surface area contributed by atoms with E-state index in [-0.39, 0.29) is 47.6 Å². The molecule has 0 radical (unpaired) electrons. The van der Waals surface area contributed by atoms with Crippen LogP contribution in [0.1, 0.15) is 68.2 Å². The van der Waals surface area contributed by atoms with Crippen molar-refractivity contribution in [2.75, 3.05) is 13.7 Å². The van der Waals surface area contributed by atoms with E-state index in [4.69, 9.17) is 18.9 Å². The highest BCUT2D eigenvalue weighted by Crippen LogP contribution is 2.45. The first-order valence-electron chi connectivity index (χ1n) is 13.7. The summed E-state index contributed by atoms with van der Waals surface area (Å²) in [6.45, 7) is 15.8. The average molecular weight is 513 g/mol. The van der Waals surface area contributed by atoms with Crippen LogP contribution in [0.15, 0.2) is 0 Å². The van der Waals surface area contributed by atoms with E-state index in [1.807, 2.05) is 20.8 Å². The number of aliphatic hydroxyl groups is 2. The van der Waals surface area contributed by atoms with Crippen LogP contribution in [0.5, 0.6) is 0 Å². The van der Waals surface area contributed by atoms with Crippen LogP contribution in [0.2, 0.25) is 0 Å². The number of ether oxygens (including phenoxy) is 4. The summed E-state index contributed by atoms with van der Waals surface area (Å²) in [5, 5.41) is 21.5. The summed E-state index contributed by atoms with van der Waals surface area (Å²) < 4.78 is 23.5. The molecule has 0 aromatic heterocycles. The number of aliphatic hydroxyl groups excluding tert-OH is 2. The summed E-state index contributed by atoms with van der Waals surface area (Å²) in [7, 11) is 1.59. The molecule has 3 aliphatic rings. The first-order chi connectivity index (χ1) is 16.8. The number of carbonyl (C=O) groups excluding carboxylic acids is 2. The Kier molecular flexibility index (Phi) is 9.31. The molecule has 8 nitrogen and oxygen atoms in total. The maximum atomic E-state index is 13.5. The number of hydrogen-bond acceptors (Lipinski definition) is 8. The van der Waals surface area contributed by atoms with Crippen LogP contribution in [-0.2, 0) is 28.5 Å². The van der Waals surface area contributed by atoms with Gasteiger partial charge in [0.05, 0.1) is 36.9 Å². The molecule has 0 aromatic carbocycles. The number of rotatable bonds is 2. The van der Waals surface area contributed by atoms with Gasteiger partial charge in [-0.3, -0.25) is 9.59 Å². The fourth-order valence-electron chi connectivity index (χ4n) is 6.56. The van der Waals surface area contributed by atoms with Crippen molar-refractivity contribution in [3.63, 3.8) is 0 Å². The van der Waals surface area contributed by atoms with Crippen LogP contribution < -0.4 is 0 Å². The Morgan fingerprint density at radius 1 is 0.861 bits per heavy atom. The fraction of sp³-hybridized carbons (Fsp3) is 0.929. The molecule has 2 N–H and O–H groups in total. The summed E-state index contributed by atoms with van der Waals surface area (Å²) in [4.78, 5) is 26.9. The van der Waals surface area contributed by atoms with Gasteiger partial charge in [0.2, 0.25) is 0 Å². The number of ketones is 1. The Labute approximate surface area is 216 Å². The molecule has 0 aliphatic carbocycles. The largest absolute Gasteiger partial charge is 0.462 e. The number of Topliss-reactive ketones (excluding diaryl/α,β-unsaturated/α-hetero) is 1. The molecular formula is C28H48O8. The molecule has 36 heavy (non-hydrogen) atoms. The third-order valence-corrected chi connectivity index (χ3v) is 9.83. The molecular weight excluding hydrogens is 464 g/mol. The Morgan fingerprint density at radius 2 is 1.47 bits per heavy atom. The average Bonchev–Trinajstić information content (AvgIpc) is 3.63. The van der Waals surface area contributed by atoms with Crippen LogP contribution in [0, 0.1) is 41.4 Å². The predicted molar refractivity (Wildman–Crippen MR) is 134 cm³/mol. The van der Waals surface area contributed by atoms with Crippen molar-refractivity contribution in [1.82, 2.24) is 0 Å². The van der Waals surface area contributed by atoms with E-state index in [0.717, 1.165) is 0 Å². The van der Waals surface area contributed by atoms with E-state index < -0.39 is 47.8 Å². The summed E-state index contributed by atoms with van der Waals surface area (Å²) in [5.74, 6) is -1.80. The summed E-state index contributed by atoms with van der Waals surface area (Å²) in [6.07, 6.45) is -2.33. The molecule has 0 saturated carbocycles. The van der Waals surface area contributed by atoms with Crippen LogP contribution >= 0.6 is 0 Å². The van der Waals surface area contributed by atoms with Crippen molar-refractivity contribution >= 4 is 11.8 Å². The Morgan fingerprint density at radius 3 is 2.03 bits per heavy atom. The number of methoxy groups -OCH3 is 1. The molecule has 0 amide bonds. The summed E-state index contributed by atoms with van der Waals surface area (Å²) >= 11 is 0. The molecule has 0 aromatic rings. The summed E-state index contributed by atoms with van der Waals surface area (Å²) in [5.41, 5.74) is -0.847. The second-order valence-electron chi connectivity index (χ2n) is 12.1. The van der Waals surface area contributed by atoms with E-state index in [1.165, 1.54) is 0 Å². The van der Waals surface area contributed by atoms with Gasteiger partial charge in [-0.05, 0) is 38.0 Å². The highest BCUT2D eigenvalue weighted by atomic mass is 16.6. The van der Waals surface area contributed by atoms with Gasteiger partial charge in [-0.1, -0.05) is 41.5 Å². The lowest BCUT2D eigenvalue weighted by Crippen LogP contribution is -2.53. The first-order valence-corrected chi connectivity index (χ1v) is 13.7. The maximum absolute atomic E-state index is 13.5. The topological polar surface area (TPSA) is 115 Å². The van der Waals surface area contributed by atoms with Crippen LogP contribution in [0.25, 0.3) is 0 Å². The molecule has 3 aliphatic heterocycles. The van der Waals surface area contributed by atoms with Gasteiger partial charge in [0, 0.05) is 31.3 Å². The second kappa shape index (κ2) is 11.4. The van der Waals surface area contributed by atoms with Crippen LogP contribution in [0.4, 0.5) is 0 Å². The molecule has 1 spiro atoms. The number of esters is 1. The maximum Gasteiger partial charge on any atom is 0.309 e. The number of epoxide rings is 1. The van der Waals surface area contributed by atoms with Crippen LogP contribution in [0.3, 0.4) is 0 Å². The van der Waals surface area contributed by atoms with Crippen molar-refractivity contribution < 1.29 is 38.7 Å². The van der Waals surface area contributed by atoms with Crippen molar-refractivity contribution in [3.05, 3.63) is 0 Å². The Bertz CT molecular complexity index is 782. The standard InChI is InChI=1S/C28H48O8/c1-13-11-28(12-34-28)26(31)18(6)24(29)16(4)19(7)36-27(32)17(5)23(15(3)14(13)2)21-10-22(33-9)25(30)20(8)35-21/h13-25,29-30H,10-12H2,1-9H3/t13-,14-,15+,16-,17+,18+,19+,20-,21+,22+,23?,24-,25-,28+/m0/s1. The minimum absolute atomic E-state index is 0.0529. The Balaban J connectivity index is 1.97. The van der Waals surface area contributed by atoms with Crippen molar-refractivity contribution in [2.24, 2.45) is 41.4 Å². The zero-order valence-electron chi connectivity index (χ0n) is 23.5. The van der Waals surface area contributed by atoms with E-state index in [0.29, 0.717) is 19.4 Å². The molecule has 3 saturated heterocycles. The first kappa shape index (κ1) is 29.5. The fourth-order valence-corrected chi connectivity index (χ4v) is 6.56. The lowest BCUT2D eigenvalue weighted by Gasteiger charge is -2.46. The van der Waals surface area contributed by atoms with Gasteiger partial charge >= 0.3 is 5.97 Å². The highest BCUT2D eigenvalue weighted by molar-refractivity contribution is 5.92. The van der Waals surface area contributed by atoms with Gasteiger partial charge in [0.1, 0.15) is 12.2 Å². The van der Waals surface area contributed by atoms with Gasteiger partial charge in [0.15, 0.2) is 11.4 Å². The van der Waals surface area contributed by atoms with Gasteiger partial charge in [-0.25, -0.2) is 0 Å². The molecule has 3 heterocycles. The monoisotopic (exact) mass is 512 g/mol. The van der Waals surface area contributed by atoms with Gasteiger partial charge in [-0.2, -0.15) is 0 Å². The van der Waals surface area contributed by atoms with Crippen LogP contribution in [-0.4, -0.2) is 77.9 Å². The molecule has 208 valence electrons. The normalized spacial score (nSPS) is 51.5. The molecule has 1 unspecified atom stereocenters. The molecule has 3 fully saturated rings. The van der Waals surface area contributed by atoms with E-state index in [1.54, 1.807) is 21.0 Å². The third-order valence-electron chi connectivity index (χ3n) is 9.83. The minimum atomic E-state index is -0.950. The van der Waals surface area contributed by atoms with Crippen molar-refractivity contribution in [1.29, 1.82) is 0 Å². The molecule has 14 atom stereocenters. The highest BCUT2D eigenvalue weighted by Gasteiger charge is 2.56. The van der Waals surface area contributed by atoms with E-state index in [2.05, 4.69) is 20.8 Å². The lowest BCUT2D eigenvalue weighted by molar-refractivity contribution is -0.200. The SMILES string of the molecule is CO[C@@H]1C[C@H](C2[C@@H](C)C(=O)O[C@H](C)[C@H](C)[C@H](O)[C@@H](C)C(=O)[C@]3(CO3)C[C@H](C)[C@H](C)[C@H]2C)O[C@@H](C)[C@@H]1O. The zero-order valence-corrected chi connectivity index (χ0v) is 23.5. The molecule has 8 heteroatoms. The van der Waals surface area contributed by atoms with Gasteiger partial charge < -0.3 is 29.2 Å². The second-order valence-corrected chi connectivity index (χ2v) is 12.1. The quantitative estimate of drug-likeness (QED) is 0.429. The van der Waals surface area contributed by atoms with E-state index in [9.17, 15) is 19.8 Å². The molecule has 3 rings (SSSR count). The minimum Gasteiger partial charge on any atom is -0.462 e. The zero-order chi connectivity index (χ0) is 27.1. The number of hydrogen-bond donors (Lipinski definition) is 2. The number of carbonyl (C=O) groups is 2. The Hall–Kier alpha value is -1.06. The van der Waals surface area contributed by atoms with Crippen molar-refractivity contribution in [3.8, 4) is 0 Å². The van der Waals surface area contributed by atoms with E-state index >= 15 is 0 Å². The number of cyclic esters (lactones) is 1. The predicted octanol–water partition coefficient (Wildman–Crippen LogP) is 3.01. The van der Waals surface area contributed by atoms with Crippen molar-refractivity contribution in [2.45, 2.75) is 110 Å². The van der Waals surface area contributed by atoms with Gasteiger partial charge in [-0.15, -0.1) is 0 Å². The smallest absolute Gasteiger partial charge is 0.309 e. The molecule has 0 bridgehead atoms. The van der Waals surface area contributed by atoms with Gasteiger partial charge in [0.25, 0.3) is 0 Å².